The van der Waals surface area contributed by atoms with Crippen molar-refractivity contribution < 1.29 is 33.8 Å². The molecule has 1 saturated carbocycles. The molecular formula is C48H61ClN10O7. The number of carbonyl (C=O) groups is 4. The lowest BCUT2D eigenvalue weighted by Crippen LogP contribution is -2.74. The van der Waals surface area contributed by atoms with E-state index in [1.54, 1.807) is 30.3 Å². The number of nitriles is 1. The number of ether oxygens (including phenoxy) is 2. The van der Waals surface area contributed by atoms with Gasteiger partial charge in [0.1, 0.15) is 42.9 Å². The van der Waals surface area contributed by atoms with Gasteiger partial charge in [-0.05, 0) is 89.2 Å². The van der Waals surface area contributed by atoms with E-state index in [1.807, 2.05) is 57.2 Å². The van der Waals surface area contributed by atoms with Gasteiger partial charge >= 0.3 is 0 Å². The maximum absolute atomic E-state index is 13.9. The number of nitrogens with one attached hydrogen (secondary N) is 4. The van der Waals surface area contributed by atoms with E-state index in [9.17, 15) is 29.5 Å². The van der Waals surface area contributed by atoms with Crippen molar-refractivity contribution in [2.45, 2.75) is 111 Å². The van der Waals surface area contributed by atoms with Gasteiger partial charge in [-0.25, -0.2) is 4.68 Å². The highest BCUT2D eigenvalue weighted by Crippen LogP contribution is 2.55. The number of hydrogen-bond donors (Lipinski definition) is 5. The summed E-state index contributed by atoms with van der Waals surface area (Å²) in [5, 5.41) is 43.5. The molecule has 0 bridgehead atoms. The summed E-state index contributed by atoms with van der Waals surface area (Å²) in [6.07, 6.45) is 2.91. The molecule has 0 radical (unpaired) electrons. The molecule has 1 aliphatic heterocycles. The average Bonchev–Trinajstić information content (AvgIpc) is 3.97. The van der Waals surface area contributed by atoms with Crippen molar-refractivity contribution >= 4 is 40.9 Å². The number of tetrazole rings is 1. The number of aromatic nitrogens is 4. The molecular weight excluding hydrogens is 864 g/mol. The normalized spacial score (nSPS) is 20.0. The summed E-state index contributed by atoms with van der Waals surface area (Å²) in [7, 11) is 0. The maximum atomic E-state index is 13.9. The number of unbranched alkanes of at least 4 members (excludes halogenated alkanes) is 2. The van der Waals surface area contributed by atoms with Crippen molar-refractivity contribution in [3.8, 4) is 17.5 Å². The van der Waals surface area contributed by atoms with Crippen LogP contribution in [-0.4, -0.2) is 110 Å². The summed E-state index contributed by atoms with van der Waals surface area (Å²) < 4.78 is 13.5. The SMILES string of the molecule is CC(C)(C)[C@H](NC(=O)COCCCCCNc1ccc(C(=O)N[C@H]2C(C)(C)[C@H](Oc3ccc(C#N)c(Cl)c3)C2(C)C)cc1)C(=O)N1C[C@H](O)C[C@H]1C(=O)NCc1ccc(-n2cnnn2)cc1. The Labute approximate surface area is 390 Å². The van der Waals surface area contributed by atoms with Crippen LogP contribution >= 0.6 is 11.6 Å². The Hall–Kier alpha value is -6.09. The maximum Gasteiger partial charge on any atom is 0.251 e. The van der Waals surface area contributed by atoms with Crippen LogP contribution in [0, 0.1) is 27.6 Å². The third-order valence-electron chi connectivity index (χ3n) is 12.4. The highest BCUT2D eigenvalue weighted by Gasteiger charge is 2.64. The first-order valence-corrected chi connectivity index (χ1v) is 22.6. The van der Waals surface area contributed by atoms with E-state index in [4.69, 9.17) is 21.1 Å². The van der Waals surface area contributed by atoms with E-state index in [2.05, 4.69) is 70.6 Å². The monoisotopic (exact) mass is 924 g/mol. The third kappa shape index (κ3) is 11.8. The summed E-state index contributed by atoms with van der Waals surface area (Å²) in [6, 6.07) is 19.8. The third-order valence-corrected chi connectivity index (χ3v) is 12.7. The molecule has 17 nitrogen and oxygen atoms in total. The zero-order valence-corrected chi connectivity index (χ0v) is 39.4. The van der Waals surface area contributed by atoms with Crippen molar-refractivity contribution in [2.75, 3.05) is 31.6 Å². The number of rotatable bonds is 19. The summed E-state index contributed by atoms with van der Waals surface area (Å²) in [6.45, 7) is 14.8. The molecule has 352 valence electrons. The van der Waals surface area contributed by atoms with Crippen molar-refractivity contribution in [3.63, 3.8) is 0 Å². The number of β-amino-alcohol motifs (C(OH)–C–C–N with tert-alkyl or cyclic N) is 1. The Kier molecular flexibility index (Phi) is 15.7. The Morgan fingerprint density at radius 1 is 0.985 bits per heavy atom. The first kappa shape index (κ1) is 49.3. The van der Waals surface area contributed by atoms with Crippen LogP contribution in [-0.2, 0) is 25.7 Å². The topological polar surface area (TPSA) is 226 Å². The van der Waals surface area contributed by atoms with Gasteiger partial charge in [-0.2, -0.15) is 5.26 Å². The molecule has 4 amide bonds. The second-order valence-electron chi connectivity index (χ2n) is 19.3. The summed E-state index contributed by atoms with van der Waals surface area (Å²) in [4.78, 5) is 55.1. The minimum Gasteiger partial charge on any atom is -0.489 e. The molecule has 2 fully saturated rings. The fraction of sp³-hybridized carbons (Fsp3) is 0.500. The zero-order chi connectivity index (χ0) is 47.8. The minimum absolute atomic E-state index is 0.0240. The van der Waals surface area contributed by atoms with Crippen LogP contribution in [0.4, 0.5) is 5.69 Å². The fourth-order valence-electron chi connectivity index (χ4n) is 9.13. The molecule has 2 heterocycles. The summed E-state index contributed by atoms with van der Waals surface area (Å²) in [5.41, 5.74) is 1.96. The number of likely N-dealkylation sites (tertiary alicyclic amines) is 1. The van der Waals surface area contributed by atoms with Crippen LogP contribution in [0.1, 0.15) is 95.6 Å². The van der Waals surface area contributed by atoms with Gasteiger partial charge in [-0.3, -0.25) is 19.2 Å². The van der Waals surface area contributed by atoms with Crippen molar-refractivity contribution in [2.24, 2.45) is 16.2 Å². The van der Waals surface area contributed by atoms with Gasteiger partial charge < -0.3 is 40.7 Å². The van der Waals surface area contributed by atoms with Gasteiger partial charge in [-0.1, -0.05) is 72.2 Å². The van der Waals surface area contributed by atoms with Crippen LogP contribution in [0.25, 0.3) is 5.69 Å². The zero-order valence-electron chi connectivity index (χ0n) is 38.6. The predicted octanol–water partition coefficient (Wildman–Crippen LogP) is 5.21. The molecule has 1 aromatic heterocycles. The number of carbonyl (C=O) groups excluding carboxylic acids is 4. The highest BCUT2D eigenvalue weighted by molar-refractivity contribution is 6.31. The first-order valence-electron chi connectivity index (χ1n) is 22.3. The Morgan fingerprint density at radius 3 is 2.33 bits per heavy atom. The van der Waals surface area contributed by atoms with Crippen molar-refractivity contribution in [1.29, 1.82) is 5.26 Å². The number of aliphatic hydroxyl groups excluding tert-OH is 1. The molecule has 3 aromatic carbocycles. The molecule has 2 aliphatic rings. The molecule has 6 rings (SSSR count). The molecule has 3 atom stereocenters. The smallest absolute Gasteiger partial charge is 0.251 e. The van der Waals surface area contributed by atoms with E-state index in [1.165, 1.54) is 15.9 Å². The lowest BCUT2D eigenvalue weighted by Gasteiger charge is -2.63. The second kappa shape index (κ2) is 21.0. The molecule has 5 N–H and O–H groups in total. The Balaban J connectivity index is 0.875. The second-order valence-corrected chi connectivity index (χ2v) is 19.7. The van der Waals surface area contributed by atoms with Gasteiger partial charge in [0.15, 0.2) is 0 Å². The van der Waals surface area contributed by atoms with Crippen molar-refractivity contribution in [3.05, 3.63) is 94.8 Å². The number of hydrogen-bond acceptors (Lipinski definition) is 12. The van der Waals surface area contributed by atoms with Gasteiger partial charge in [0.25, 0.3) is 5.91 Å². The summed E-state index contributed by atoms with van der Waals surface area (Å²) in [5.74, 6) is -0.878. The van der Waals surface area contributed by atoms with Crippen LogP contribution in [0.5, 0.6) is 5.75 Å². The Bertz CT molecular complexity index is 2350. The quantitative estimate of drug-likeness (QED) is 0.0765. The van der Waals surface area contributed by atoms with Crippen LogP contribution in [0.2, 0.25) is 5.02 Å². The largest absolute Gasteiger partial charge is 0.489 e. The van der Waals surface area contributed by atoms with E-state index in [-0.39, 0.29) is 55.0 Å². The number of aliphatic hydroxyl groups is 1. The Morgan fingerprint density at radius 2 is 1.70 bits per heavy atom. The molecule has 1 aliphatic carbocycles. The average molecular weight is 926 g/mol. The molecule has 1 saturated heterocycles. The number of amides is 4. The van der Waals surface area contributed by atoms with E-state index in [0.29, 0.717) is 35.1 Å². The molecule has 4 aromatic rings. The lowest BCUT2D eigenvalue weighted by molar-refractivity contribution is -0.164. The lowest BCUT2D eigenvalue weighted by atomic mass is 9.49. The summed E-state index contributed by atoms with van der Waals surface area (Å²) >= 11 is 6.23. The molecule has 0 unspecified atom stereocenters. The van der Waals surface area contributed by atoms with Gasteiger partial charge in [0, 0.05) is 66.9 Å². The van der Waals surface area contributed by atoms with E-state index in [0.717, 1.165) is 36.2 Å². The van der Waals surface area contributed by atoms with Crippen LogP contribution < -0.4 is 26.0 Å². The first-order chi connectivity index (χ1) is 31.3. The molecule has 66 heavy (non-hydrogen) atoms. The van der Waals surface area contributed by atoms with Crippen LogP contribution in [0.15, 0.2) is 73.1 Å². The number of nitrogens with zero attached hydrogens (tertiary/aromatic N) is 6. The highest BCUT2D eigenvalue weighted by atomic mass is 35.5. The predicted molar refractivity (Wildman–Crippen MR) is 248 cm³/mol. The number of anilines is 1. The van der Waals surface area contributed by atoms with Crippen molar-refractivity contribution in [1.82, 2.24) is 41.1 Å². The number of benzene rings is 3. The number of halogens is 1. The van der Waals surface area contributed by atoms with Gasteiger partial charge in [0.05, 0.1) is 22.4 Å². The molecule has 0 spiro atoms. The van der Waals surface area contributed by atoms with Gasteiger partial charge in [-0.15, -0.1) is 5.10 Å². The molecule has 18 heteroatoms. The van der Waals surface area contributed by atoms with E-state index < -0.39 is 41.3 Å². The minimum atomic E-state index is -0.958. The standard InChI is InChI=1S/C48H61ClN10O7/c1-46(2,3)40(43(64)58-27-35(60)23-38(58)42(63)52-26-30-11-18-34(19-12-30)59-29-53-56-57-59)54-39(61)28-65-22-10-8-9-21-51-33-16-13-31(14-17-33)41(62)55-44-47(4,5)45(48(44,6)7)66-36-20-15-32(25-50)37(49)24-36/h11-20,24,29,35,38,40,44-45,51,60H,8-10,21-23,26-28H2,1-7H3,(H,52,63)(H,54,61)(H,55,62)/t35-,38+,40-,44-,45-/m1/s1. The fourth-order valence-corrected chi connectivity index (χ4v) is 9.34. The van der Waals surface area contributed by atoms with Gasteiger partial charge in [0.2, 0.25) is 17.7 Å². The van der Waals surface area contributed by atoms with E-state index >= 15 is 0 Å². The van der Waals surface area contributed by atoms with Crippen LogP contribution in [0.3, 0.4) is 0 Å².